The average molecular weight is 100 g/mol. The first kappa shape index (κ1) is 5.21. The first-order valence-electron chi connectivity index (χ1n) is 0.850. The molecule has 0 aliphatic heterocycles. The Morgan fingerprint density at radius 3 is 1.80 bits per heavy atom. The van der Waals surface area contributed by atoms with E-state index in [1.807, 2.05) is 0 Å². The molecule has 32 valence electrons. The average Bonchev–Trinajstić information content (AvgIpc) is 1.38. The molecule has 0 rings (SSSR count). The third-order valence-corrected chi connectivity index (χ3v) is 0.293. The summed E-state index contributed by atoms with van der Waals surface area (Å²) in [5.41, 5.74) is 0. The molecule has 0 amide bonds. The summed E-state index contributed by atoms with van der Waals surface area (Å²) in [6.45, 7) is 0. The van der Waals surface area contributed by atoms with Crippen LogP contribution < -0.4 is 11.0 Å². The fraction of sp³-hybridized carbons (Fsp3) is 0. The van der Waals surface area contributed by atoms with E-state index in [0.717, 1.165) is 0 Å². The summed E-state index contributed by atoms with van der Waals surface area (Å²) in [6.07, 6.45) is 0. The maximum atomic E-state index is 10.6. The summed E-state index contributed by atoms with van der Waals surface area (Å²) in [5, 5.41) is 1.26. The molecule has 0 fully saturated rings. The normalized spacial score (nSPS) is 9.60. The largest absolute Gasteiger partial charge is 0.356 e. The van der Waals surface area contributed by atoms with Gasteiger partial charge in [-0.2, -0.15) is 13.6 Å². The fourth-order valence-electron chi connectivity index (χ4n) is 0. The van der Waals surface area contributed by atoms with E-state index >= 15 is 0 Å². The van der Waals surface area contributed by atoms with E-state index in [0.29, 0.717) is 0 Å². The first-order chi connectivity index (χ1) is 2.27. The van der Waals surface area contributed by atoms with Gasteiger partial charge >= 0.3 is 8.69 Å². The standard InChI is InChI=1S/F2H3N2P/c1-5(2)4-3/h4H,3H2. The third kappa shape index (κ3) is 4.21. The van der Waals surface area contributed by atoms with Crippen LogP contribution in [0.15, 0.2) is 0 Å². The molecule has 2 nitrogen and oxygen atoms in total. The zero-order valence-corrected chi connectivity index (χ0v) is 3.17. The van der Waals surface area contributed by atoms with Crippen molar-refractivity contribution in [3.05, 3.63) is 0 Å². The Labute approximate surface area is 29.4 Å². The van der Waals surface area contributed by atoms with Gasteiger partial charge in [0.1, 0.15) is 0 Å². The Balaban J connectivity index is 2.54. The highest BCUT2D eigenvalue weighted by Crippen LogP contribution is 2.30. The van der Waals surface area contributed by atoms with Crippen molar-refractivity contribution in [2.45, 2.75) is 0 Å². The van der Waals surface area contributed by atoms with Crippen LogP contribution in [0.5, 0.6) is 0 Å². The minimum absolute atomic E-state index is 1.26. The number of nitrogens with one attached hydrogen (secondary N) is 1. The van der Waals surface area contributed by atoms with E-state index < -0.39 is 8.69 Å². The molecule has 0 heterocycles. The highest BCUT2D eigenvalue weighted by Gasteiger charge is 1.92. The van der Waals surface area contributed by atoms with Crippen LogP contribution in [0.2, 0.25) is 0 Å². The highest BCUT2D eigenvalue weighted by atomic mass is 31.2. The van der Waals surface area contributed by atoms with Crippen molar-refractivity contribution in [1.82, 2.24) is 5.20 Å². The lowest BCUT2D eigenvalue weighted by Crippen LogP contribution is -2.10. The third-order valence-electron chi connectivity index (χ3n) is 0.0976. The van der Waals surface area contributed by atoms with Crippen LogP contribution in [0.25, 0.3) is 0 Å². The number of halogens is 2. The van der Waals surface area contributed by atoms with Gasteiger partial charge in [-0.05, 0) is 0 Å². The maximum Gasteiger partial charge on any atom is 0.356 e. The van der Waals surface area contributed by atoms with Crippen LogP contribution in [0, 0.1) is 0 Å². The number of hydrogen-bond acceptors (Lipinski definition) is 2. The Hall–Kier alpha value is 0.210. The molecule has 0 aliphatic rings. The Morgan fingerprint density at radius 1 is 1.60 bits per heavy atom. The minimum Gasteiger partial charge on any atom is -0.264 e. The molecule has 5 heavy (non-hydrogen) atoms. The summed E-state index contributed by atoms with van der Waals surface area (Å²) < 4.78 is 21.2. The molecule has 0 aromatic rings. The topological polar surface area (TPSA) is 38.0 Å². The Bertz CT molecular complexity index is 21.6. The number of rotatable bonds is 1. The van der Waals surface area contributed by atoms with Crippen molar-refractivity contribution in [3.63, 3.8) is 0 Å². The zero-order chi connectivity index (χ0) is 4.28. The van der Waals surface area contributed by atoms with Gasteiger partial charge in [-0.15, -0.1) is 0 Å². The quantitative estimate of drug-likeness (QED) is 0.288. The van der Waals surface area contributed by atoms with Gasteiger partial charge in [0, 0.05) is 0 Å². The molecule has 0 saturated carbocycles. The Morgan fingerprint density at radius 2 is 1.80 bits per heavy atom. The molecule has 3 N–H and O–H groups in total. The second kappa shape index (κ2) is 2.45. The summed E-state index contributed by atoms with van der Waals surface area (Å²) in [4.78, 5) is 0. The molecule has 0 bridgehead atoms. The smallest absolute Gasteiger partial charge is 0.264 e. The summed E-state index contributed by atoms with van der Waals surface area (Å²) in [5.74, 6) is 4.20. The van der Waals surface area contributed by atoms with Gasteiger partial charge in [-0.3, -0.25) is 5.84 Å². The lowest BCUT2D eigenvalue weighted by atomic mass is 13.0. The fourth-order valence-corrected chi connectivity index (χ4v) is 0. The molecule has 0 atom stereocenters. The number of nitrogens with two attached hydrogens (primary N) is 1. The van der Waals surface area contributed by atoms with Crippen LogP contribution >= 0.6 is 8.69 Å². The van der Waals surface area contributed by atoms with Gasteiger partial charge in [0.25, 0.3) is 0 Å². The van der Waals surface area contributed by atoms with Gasteiger partial charge in [-0.25, -0.2) is 0 Å². The maximum absolute atomic E-state index is 10.6. The second-order valence-electron chi connectivity index (χ2n) is 0.362. The number of hydrogen-bond donors (Lipinski definition) is 2. The molecule has 0 aliphatic carbocycles. The summed E-state index contributed by atoms with van der Waals surface area (Å²) in [7, 11) is -3.07. The van der Waals surface area contributed by atoms with Gasteiger partial charge in [0.15, 0.2) is 0 Å². The van der Waals surface area contributed by atoms with E-state index in [-0.39, 0.29) is 0 Å². The van der Waals surface area contributed by atoms with Crippen LogP contribution in [0.3, 0.4) is 0 Å². The predicted molar refractivity (Wildman–Crippen MR) is 16.5 cm³/mol. The van der Waals surface area contributed by atoms with Gasteiger partial charge in [0.2, 0.25) is 0 Å². The van der Waals surface area contributed by atoms with E-state index in [1.54, 1.807) is 0 Å². The van der Waals surface area contributed by atoms with Crippen molar-refractivity contribution in [2.75, 3.05) is 0 Å². The van der Waals surface area contributed by atoms with Crippen molar-refractivity contribution >= 4 is 8.69 Å². The van der Waals surface area contributed by atoms with Gasteiger partial charge in [-0.1, -0.05) is 0 Å². The predicted octanol–water partition coefficient (Wildman–Crippen LogP) is 0.616. The molecule has 0 aromatic carbocycles. The lowest BCUT2D eigenvalue weighted by Gasteiger charge is -1.83. The van der Waals surface area contributed by atoms with Crippen LogP contribution in [0.4, 0.5) is 8.39 Å². The molecular weight excluding hydrogens is 97.0 g/mol. The summed E-state index contributed by atoms with van der Waals surface area (Å²) >= 11 is 0. The second-order valence-corrected chi connectivity index (χ2v) is 1.09. The molecule has 0 saturated heterocycles. The number of hydrazine groups is 1. The molecule has 0 unspecified atom stereocenters. The van der Waals surface area contributed by atoms with Gasteiger partial charge in [0.05, 0.1) is 0 Å². The molecular formula is H3F2N2P. The zero-order valence-electron chi connectivity index (χ0n) is 2.28. The van der Waals surface area contributed by atoms with E-state index in [9.17, 15) is 8.39 Å². The van der Waals surface area contributed by atoms with Crippen molar-refractivity contribution in [2.24, 2.45) is 5.84 Å². The minimum atomic E-state index is -3.07. The monoisotopic (exact) mass is 100 g/mol. The van der Waals surface area contributed by atoms with E-state index in [1.165, 1.54) is 5.20 Å². The highest BCUT2D eigenvalue weighted by molar-refractivity contribution is 7.43. The van der Waals surface area contributed by atoms with Crippen LogP contribution in [0.1, 0.15) is 0 Å². The van der Waals surface area contributed by atoms with E-state index in [2.05, 4.69) is 5.84 Å². The van der Waals surface area contributed by atoms with E-state index in [4.69, 9.17) is 0 Å². The molecule has 0 aromatic heterocycles. The Kier molecular flexibility index (Phi) is 2.55. The molecule has 0 spiro atoms. The van der Waals surface area contributed by atoms with Crippen molar-refractivity contribution < 1.29 is 8.39 Å². The lowest BCUT2D eigenvalue weighted by molar-refractivity contribution is 0.709. The molecule has 0 radical (unpaired) electrons. The van der Waals surface area contributed by atoms with Gasteiger partial charge < -0.3 is 0 Å². The first-order valence-corrected chi connectivity index (χ1v) is 1.97. The SMILES string of the molecule is NNP(F)F. The summed E-state index contributed by atoms with van der Waals surface area (Å²) in [6, 6.07) is 0. The van der Waals surface area contributed by atoms with Crippen LogP contribution in [-0.4, -0.2) is 0 Å². The molecule has 5 heteroatoms. The van der Waals surface area contributed by atoms with Crippen molar-refractivity contribution in [1.29, 1.82) is 0 Å². The van der Waals surface area contributed by atoms with Crippen molar-refractivity contribution in [3.8, 4) is 0 Å². The van der Waals surface area contributed by atoms with Crippen LogP contribution in [-0.2, 0) is 0 Å².